The highest BCUT2D eigenvalue weighted by molar-refractivity contribution is 6.30. The topological polar surface area (TPSA) is 68.1 Å². The number of hydrogen-bond donors (Lipinski definition) is 1. The Kier molecular flexibility index (Phi) is 3.20. The van der Waals surface area contributed by atoms with E-state index in [9.17, 15) is 10.1 Å². The summed E-state index contributed by atoms with van der Waals surface area (Å²) in [4.78, 5) is 14.2. The van der Waals surface area contributed by atoms with Gasteiger partial charge in [-0.3, -0.25) is 10.1 Å². The molecule has 17 heavy (non-hydrogen) atoms. The van der Waals surface area contributed by atoms with Crippen LogP contribution in [0, 0.1) is 16.2 Å². The molecule has 0 saturated heterocycles. The first-order chi connectivity index (χ1) is 8.16. The van der Waals surface area contributed by atoms with Crippen molar-refractivity contribution in [2.45, 2.75) is 0 Å². The molecule has 2 aromatic rings. The van der Waals surface area contributed by atoms with Crippen molar-refractivity contribution in [3.8, 4) is 0 Å². The molecular formula is C11H7ClN3O2. The molecular weight excluding hydrogens is 242 g/mol. The van der Waals surface area contributed by atoms with E-state index in [-0.39, 0.29) is 16.5 Å². The van der Waals surface area contributed by atoms with E-state index < -0.39 is 4.92 Å². The molecule has 0 bridgehead atoms. The van der Waals surface area contributed by atoms with Gasteiger partial charge in [0.05, 0.1) is 9.95 Å². The van der Waals surface area contributed by atoms with Gasteiger partial charge in [-0.25, -0.2) is 4.98 Å². The zero-order valence-electron chi connectivity index (χ0n) is 8.55. The van der Waals surface area contributed by atoms with Crippen molar-refractivity contribution in [3.05, 3.63) is 57.7 Å². The standard InChI is InChI=1S/C11H7ClN3O2/c12-8-6-10(15(16)17)11(13-7-8)14-9-4-2-1-3-5-9/h1-2,4-7H,(H,13,14). The number of benzene rings is 1. The zero-order valence-corrected chi connectivity index (χ0v) is 9.31. The molecule has 0 aliphatic carbocycles. The summed E-state index contributed by atoms with van der Waals surface area (Å²) < 4.78 is 0. The van der Waals surface area contributed by atoms with Gasteiger partial charge >= 0.3 is 5.69 Å². The fourth-order valence-electron chi connectivity index (χ4n) is 1.27. The van der Waals surface area contributed by atoms with E-state index >= 15 is 0 Å². The minimum absolute atomic E-state index is 0.152. The van der Waals surface area contributed by atoms with Crippen LogP contribution in [-0.4, -0.2) is 9.91 Å². The Morgan fingerprint density at radius 1 is 1.53 bits per heavy atom. The minimum atomic E-state index is -0.534. The van der Waals surface area contributed by atoms with Crippen LogP contribution >= 0.6 is 11.6 Å². The van der Waals surface area contributed by atoms with Gasteiger partial charge in [0.15, 0.2) is 0 Å². The van der Waals surface area contributed by atoms with Gasteiger partial charge in [-0.05, 0) is 18.2 Å². The highest BCUT2D eigenvalue weighted by atomic mass is 35.5. The number of halogens is 1. The molecule has 5 nitrogen and oxygen atoms in total. The maximum atomic E-state index is 10.8. The number of anilines is 2. The smallest absolute Gasteiger partial charge is 0.313 e. The molecule has 0 unspecified atom stereocenters. The number of nitro groups is 1. The van der Waals surface area contributed by atoms with Crippen molar-refractivity contribution in [1.82, 2.24) is 4.98 Å². The van der Waals surface area contributed by atoms with Gasteiger partial charge in [0.25, 0.3) is 0 Å². The summed E-state index contributed by atoms with van der Waals surface area (Å²) in [5, 5.41) is 13.9. The van der Waals surface area contributed by atoms with E-state index in [0.29, 0.717) is 5.69 Å². The Labute approximate surface area is 102 Å². The highest BCUT2D eigenvalue weighted by Crippen LogP contribution is 2.27. The van der Waals surface area contributed by atoms with Gasteiger partial charge in [0, 0.05) is 18.0 Å². The van der Waals surface area contributed by atoms with Crippen molar-refractivity contribution in [2.75, 3.05) is 5.32 Å². The number of pyridine rings is 1. The van der Waals surface area contributed by atoms with Crippen LogP contribution in [-0.2, 0) is 0 Å². The second-order valence-corrected chi connectivity index (χ2v) is 3.63. The molecule has 0 atom stereocenters. The number of aromatic nitrogens is 1. The molecule has 0 aliphatic rings. The number of rotatable bonds is 3. The first-order valence-electron chi connectivity index (χ1n) is 4.70. The molecule has 6 heteroatoms. The lowest BCUT2D eigenvalue weighted by molar-refractivity contribution is -0.384. The lowest BCUT2D eigenvalue weighted by Crippen LogP contribution is -1.99. The van der Waals surface area contributed by atoms with Crippen LogP contribution < -0.4 is 5.32 Å². The lowest BCUT2D eigenvalue weighted by Gasteiger charge is -2.05. The predicted octanol–water partition coefficient (Wildman–Crippen LogP) is 3.19. The molecule has 1 radical (unpaired) electrons. The third kappa shape index (κ3) is 2.70. The summed E-state index contributed by atoms with van der Waals surface area (Å²) in [5.74, 6) is 0.152. The van der Waals surface area contributed by atoms with Crippen LogP contribution in [0.3, 0.4) is 0 Å². The molecule has 1 heterocycles. The van der Waals surface area contributed by atoms with Crippen molar-refractivity contribution in [3.63, 3.8) is 0 Å². The normalized spacial score (nSPS) is 9.94. The maximum absolute atomic E-state index is 10.8. The summed E-state index contributed by atoms with van der Waals surface area (Å²) in [5.41, 5.74) is 0.506. The van der Waals surface area contributed by atoms with Crippen LogP contribution in [0.1, 0.15) is 0 Å². The fraction of sp³-hybridized carbons (Fsp3) is 0. The first kappa shape index (κ1) is 11.3. The lowest BCUT2D eigenvalue weighted by atomic mass is 10.3. The third-order valence-electron chi connectivity index (χ3n) is 2.00. The Bertz CT molecular complexity index is 546. The molecule has 1 aromatic carbocycles. The van der Waals surface area contributed by atoms with Crippen molar-refractivity contribution >= 4 is 28.8 Å². The predicted molar refractivity (Wildman–Crippen MR) is 64.5 cm³/mol. The molecule has 0 aliphatic heterocycles. The molecule has 1 N–H and O–H groups in total. The molecule has 1 aromatic heterocycles. The third-order valence-corrected chi connectivity index (χ3v) is 2.21. The molecule has 2 rings (SSSR count). The van der Waals surface area contributed by atoms with Crippen LogP contribution in [0.15, 0.2) is 36.5 Å². The molecule has 0 fully saturated rings. The second kappa shape index (κ2) is 4.80. The van der Waals surface area contributed by atoms with Gasteiger partial charge < -0.3 is 5.32 Å². The summed E-state index contributed by atoms with van der Waals surface area (Å²) >= 11 is 5.66. The van der Waals surface area contributed by atoms with Crippen molar-refractivity contribution in [2.24, 2.45) is 0 Å². The van der Waals surface area contributed by atoms with E-state index in [1.54, 1.807) is 24.3 Å². The second-order valence-electron chi connectivity index (χ2n) is 3.20. The van der Waals surface area contributed by atoms with Crippen molar-refractivity contribution in [1.29, 1.82) is 0 Å². The fourth-order valence-corrected chi connectivity index (χ4v) is 1.42. The van der Waals surface area contributed by atoms with Crippen LogP contribution in [0.25, 0.3) is 0 Å². The van der Waals surface area contributed by atoms with Crippen LogP contribution in [0.5, 0.6) is 0 Å². The van der Waals surface area contributed by atoms with Crippen molar-refractivity contribution < 1.29 is 4.92 Å². The highest BCUT2D eigenvalue weighted by Gasteiger charge is 2.15. The molecule has 85 valence electrons. The number of hydrogen-bond acceptors (Lipinski definition) is 4. The quantitative estimate of drug-likeness (QED) is 0.669. The van der Waals surface area contributed by atoms with Gasteiger partial charge in [-0.15, -0.1) is 0 Å². The average Bonchev–Trinajstić information content (AvgIpc) is 2.32. The maximum Gasteiger partial charge on any atom is 0.313 e. The van der Waals surface area contributed by atoms with Crippen LogP contribution in [0.4, 0.5) is 17.2 Å². The molecule has 0 spiro atoms. The molecule has 0 saturated carbocycles. The average molecular weight is 249 g/mol. The van der Waals surface area contributed by atoms with E-state index in [4.69, 9.17) is 11.6 Å². The number of nitrogens with one attached hydrogen (secondary N) is 1. The van der Waals surface area contributed by atoms with Gasteiger partial charge in [-0.1, -0.05) is 23.7 Å². The summed E-state index contributed by atoms with van der Waals surface area (Å²) in [6.45, 7) is 0. The van der Waals surface area contributed by atoms with E-state index in [1.807, 2.05) is 0 Å². The number of nitrogens with zero attached hydrogens (tertiary/aromatic N) is 2. The Balaban J connectivity index is 2.36. The summed E-state index contributed by atoms with van der Waals surface area (Å²) in [6.07, 6.45) is 1.35. The Morgan fingerprint density at radius 3 is 3.00 bits per heavy atom. The van der Waals surface area contributed by atoms with E-state index in [2.05, 4.69) is 16.4 Å². The van der Waals surface area contributed by atoms with Gasteiger partial charge in [0.2, 0.25) is 5.82 Å². The van der Waals surface area contributed by atoms with Gasteiger partial charge in [-0.2, -0.15) is 0 Å². The largest absolute Gasteiger partial charge is 0.334 e. The Hall–Kier alpha value is -2.14. The molecule has 0 amide bonds. The van der Waals surface area contributed by atoms with Crippen LogP contribution in [0.2, 0.25) is 5.02 Å². The van der Waals surface area contributed by atoms with E-state index in [0.717, 1.165) is 0 Å². The SMILES string of the molecule is O=[N+]([O-])c1cc(Cl)cnc1Nc1c[c]ccc1. The monoisotopic (exact) mass is 248 g/mol. The first-order valence-corrected chi connectivity index (χ1v) is 5.07. The zero-order chi connectivity index (χ0) is 12.3. The minimum Gasteiger partial charge on any atom is -0.334 e. The Morgan fingerprint density at radius 2 is 2.35 bits per heavy atom. The van der Waals surface area contributed by atoms with E-state index in [1.165, 1.54) is 12.3 Å². The summed E-state index contributed by atoms with van der Waals surface area (Å²) in [6, 6.07) is 11.0. The van der Waals surface area contributed by atoms with Gasteiger partial charge in [0.1, 0.15) is 0 Å². The summed E-state index contributed by atoms with van der Waals surface area (Å²) in [7, 11) is 0.